The fourth-order valence-corrected chi connectivity index (χ4v) is 5.95. The number of aromatic amines is 1. The van der Waals surface area contributed by atoms with Crippen molar-refractivity contribution < 1.29 is 13.2 Å². The third kappa shape index (κ3) is 3.61. The second kappa shape index (κ2) is 7.95. The van der Waals surface area contributed by atoms with E-state index in [0.717, 1.165) is 31.7 Å². The summed E-state index contributed by atoms with van der Waals surface area (Å²) >= 11 is 12.4. The van der Waals surface area contributed by atoms with Gasteiger partial charge in [-0.25, -0.2) is 8.42 Å². The number of aromatic nitrogens is 1. The van der Waals surface area contributed by atoms with Crippen LogP contribution in [-0.2, 0) is 20.3 Å². The lowest BCUT2D eigenvalue weighted by molar-refractivity contribution is -0.149. The highest BCUT2D eigenvalue weighted by molar-refractivity contribution is 7.92. The fourth-order valence-electron chi connectivity index (χ4n) is 4.32. The van der Waals surface area contributed by atoms with Gasteiger partial charge in [0.1, 0.15) is 0 Å². The van der Waals surface area contributed by atoms with E-state index < -0.39 is 10.0 Å². The Bertz CT molecular complexity index is 1220. The Morgan fingerprint density at radius 1 is 1.00 bits per heavy atom. The predicted octanol–water partition coefficient (Wildman–Crippen LogP) is 3.41. The standard InChI is InChI=1S/C21H22Cl2N4O3S/c22-16-5-6-18(20-19(16)17(23)11-25-20)26-31(28,29)15-3-1-14(2-4-15)21(12-30-13-21)27-9-7-24-8-10-27/h1-6,11,24-26H,7-10,12-13H2. The zero-order valence-electron chi connectivity index (χ0n) is 16.6. The zero-order chi connectivity index (χ0) is 21.6. The molecule has 0 unspecified atom stereocenters. The van der Waals surface area contributed by atoms with Gasteiger partial charge in [0, 0.05) is 37.8 Å². The van der Waals surface area contributed by atoms with Crippen molar-refractivity contribution in [3.8, 4) is 0 Å². The highest BCUT2D eigenvalue weighted by Gasteiger charge is 2.45. The first-order valence-corrected chi connectivity index (χ1v) is 12.3. The van der Waals surface area contributed by atoms with E-state index in [1.165, 1.54) is 0 Å². The molecule has 0 saturated carbocycles. The van der Waals surface area contributed by atoms with Gasteiger partial charge in [0.05, 0.1) is 44.9 Å². The number of nitrogens with zero attached hydrogens (tertiary/aromatic N) is 1. The summed E-state index contributed by atoms with van der Waals surface area (Å²) in [4.78, 5) is 5.60. The molecule has 2 aliphatic rings. The smallest absolute Gasteiger partial charge is 0.261 e. The molecule has 31 heavy (non-hydrogen) atoms. The summed E-state index contributed by atoms with van der Waals surface area (Å²) in [5.41, 5.74) is 1.83. The van der Waals surface area contributed by atoms with Gasteiger partial charge in [-0.05, 0) is 29.8 Å². The normalized spacial score (nSPS) is 19.3. The van der Waals surface area contributed by atoms with E-state index in [2.05, 4.69) is 19.9 Å². The van der Waals surface area contributed by atoms with Crippen LogP contribution in [0.3, 0.4) is 0 Å². The molecule has 2 aromatic carbocycles. The molecule has 2 saturated heterocycles. The highest BCUT2D eigenvalue weighted by atomic mass is 35.5. The number of anilines is 1. The molecular formula is C21H22Cl2N4O3S. The Hall–Kier alpha value is -1.81. The van der Waals surface area contributed by atoms with Gasteiger partial charge < -0.3 is 15.0 Å². The Kier molecular flexibility index (Phi) is 5.40. The molecule has 3 aromatic rings. The second-order valence-electron chi connectivity index (χ2n) is 7.87. The quantitative estimate of drug-likeness (QED) is 0.520. The van der Waals surface area contributed by atoms with Crippen molar-refractivity contribution in [2.75, 3.05) is 44.1 Å². The minimum atomic E-state index is -3.80. The lowest BCUT2D eigenvalue weighted by atomic mass is 9.85. The van der Waals surface area contributed by atoms with E-state index >= 15 is 0 Å². The number of rotatable bonds is 5. The minimum absolute atomic E-state index is 0.179. The van der Waals surface area contributed by atoms with E-state index in [0.29, 0.717) is 39.8 Å². The van der Waals surface area contributed by atoms with Crippen LogP contribution >= 0.6 is 23.2 Å². The highest BCUT2D eigenvalue weighted by Crippen LogP contribution is 2.38. The second-order valence-corrected chi connectivity index (χ2v) is 10.4. The number of benzene rings is 2. The molecule has 5 rings (SSSR count). The first-order valence-electron chi connectivity index (χ1n) is 10.0. The third-order valence-electron chi connectivity index (χ3n) is 6.09. The lowest BCUT2D eigenvalue weighted by Crippen LogP contribution is -2.63. The first-order chi connectivity index (χ1) is 14.9. The molecule has 3 N–H and O–H groups in total. The van der Waals surface area contributed by atoms with E-state index in [1.807, 2.05) is 12.1 Å². The van der Waals surface area contributed by atoms with Crippen LogP contribution in [0.1, 0.15) is 5.56 Å². The number of ether oxygens (including phenoxy) is 1. The summed E-state index contributed by atoms with van der Waals surface area (Å²) in [6.07, 6.45) is 1.58. The minimum Gasteiger partial charge on any atom is -0.377 e. The molecule has 164 valence electrons. The van der Waals surface area contributed by atoms with Crippen molar-refractivity contribution in [3.05, 3.63) is 58.2 Å². The van der Waals surface area contributed by atoms with Gasteiger partial charge in [-0.15, -0.1) is 0 Å². The van der Waals surface area contributed by atoms with E-state index in [-0.39, 0.29) is 10.4 Å². The Labute approximate surface area is 190 Å². The molecule has 2 aliphatic heterocycles. The maximum atomic E-state index is 13.0. The number of halogens is 2. The summed E-state index contributed by atoms with van der Waals surface area (Å²) in [7, 11) is -3.80. The first kappa shape index (κ1) is 21.1. The van der Waals surface area contributed by atoms with Gasteiger partial charge in [0.2, 0.25) is 0 Å². The predicted molar refractivity (Wildman–Crippen MR) is 123 cm³/mol. The van der Waals surface area contributed by atoms with Crippen LogP contribution in [0.25, 0.3) is 10.9 Å². The monoisotopic (exact) mass is 480 g/mol. The summed E-state index contributed by atoms with van der Waals surface area (Å²) in [5.74, 6) is 0. The van der Waals surface area contributed by atoms with Crippen LogP contribution in [0.4, 0.5) is 5.69 Å². The number of sulfonamides is 1. The SMILES string of the molecule is O=S(=O)(Nc1ccc(Cl)c2c(Cl)c[nH]c12)c1ccc(C2(N3CCNCC3)COC2)cc1. The van der Waals surface area contributed by atoms with E-state index in [1.54, 1.807) is 30.5 Å². The van der Waals surface area contributed by atoms with E-state index in [4.69, 9.17) is 27.9 Å². The molecule has 0 radical (unpaired) electrons. The molecule has 3 heterocycles. The number of piperazine rings is 1. The van der Waals surface area contributed by atoms with Crippen LogP contribution in [-0.4, -0.2) is 57.7 Å². The van der Waals surface area contributed by atoms with Crippen LogP contribution in [0, 0.1) is 0 Å². The molecule has 10 heteroatoms. The topological polar surface area (TPSA) is 86.5 Å². The summed E-state index contributed by atoms with van der Waals surface area (Å²) in [6.45, 7) is 5.00. The number of H-pyrrole nitrogens is 1. The number of hydrogen-bond acceptors (Lipinski definition) is 5. The van der Waals surface area contributed by atoms with Crippen LogP contribution in [0.15, 0.2) is 47.5 Å². The van der Waals surface area contributed by atoms with Gasteiger partial charge in [0.25, 0.3) is 10.0 Å². The van der Waals surface area contributed by atoms with Crippen molar-refractivity contribution in [1.29, 1.82) is 0 Å². The van der Waals surface area contributed by atoms with Crippen molar-refractivity contribution in [1.82, 2.24) is 15.2 Å². The van der Waals surface area contributed by atoms with Crippen LogP contribution in [0.2, 0.25) is 10.0 Å². The summed E-state index contributed by atoms with van der Waals surface area (Å²) < 4.78 is 34.3. The molecule has 7 nitrogen and oxygen atoms in total. The zero-order valence-corrected chi connectivity index (χ0v) is 18.9. The molecule has 2 fully saturated rings. The Morgan fingerprint density at radius 3 is 2.35 bits per heavy atom. The summed E-state index contributed by atoms with van der Waals surface area (Å²) in [6, 6.07) is 10.3. The molecular weight excluding hydrogens is 459 g/mol. The number of hydrogen-bond donors (Lipinski definition) is 3. The third-order valence-corrected chi connectivity index (χ3v) is 8.08. The Balaban J connectivity index is 1.42. The van der Waals surface area contributed by atoms with Crippen LogP contribution < -0.4 is 10.0 Å². The van der Waals surface area contributed by atoms with Crippen molar-refractivity contribution in [2.24, 2.45) is 0 Å². The van der Waals surface area contributed by atoms with Gasteiger partial charge in [-0.3, -0.25) is 9.62 Å². The molecule has 1 aromatic heterocycles. The summed E-state index contributed by atoms with van der Waals surface area (Å²) in [5, 5.41) is 4.84. The molecule has 0 amide bonds. The van der Waals surface area contributed by atoms with Gasteiger partial charge in [0.15, 0.2) is 0 Å². The molecule has 0 bridgehead atoms. The largest absolute Gasteiger partial charge is 0.377 e. The molecule has 0 spiro atoms. The number of nitrogens with one attached hydrogen (secondary N) is 3. The van der Waals surface area contributed by atoms with Crippen LogP contribution in [0.5, 0.6) is 0 Å². The Morgan fingerprint density at radius 2 is 1.71 bits per heavy atom. The molecule has 0 aliphatic carbocycles. The average molecular weight is 481 g/mol. The molecule has 0 atom stereocenters. The van der Waals surface area contributed by atoms with Crippen molar-refractivity contribution in [2.45, 2.75) is 10.4 Å². The maximum Gasteiger partial charge on any atom is 0.261 e. The van der Waals surface area contributed by atoms with E-state index in [9.17, 15) is 8.42 Å². The van der Waals surface area contributed by atoms with Gasteiger partial charge in [-0.1, -0.05) is 35.3 Å². The van der Waals surface area contributed by atoms with Crippen molar-refractivity contribution in [3.63, 3.8) is 0 Å². The maximum absolute atomic E-state index is 13.0. The van der Waals surface area contributed by atoms with Crippen molar-refractivity contribution >= 4 is 49.8 Å². The fraction of sp³-hybridized carbons (Fsp3) is 0.333. The van der Waals surface area contributed by atoms with Gasteiger partial charge >= 0.3 is 0 Å². The van der Waals surface area contributed by atoms with Gasteiger partial charge in [-0.2, -0.15) is 0 Å². The average Bonchev–Trinajstić information content (AvgIpc) is 3.13. The number of fused-ring (bicyclic) bond motifs is 1. The lowest BCUT2D eigenvalue weighted by Gasteiger charge is -2.51.